The van der Waals surface area contributed by atoms with Crippen molar-refractivity contribution >= 4 is 5.78 Å². The van der Waals surface area contributed by atoms with E-state index in [1.165, 1.54) is 32.1 Å². The van der Waals surface area contributed by atoms with Crippen LogP contribution in [0.1, 0.15) is 51.9 Å². The SMILES string of the molecule is CCCCCCC(=O)CNCC1CC1. The van der Waals surface area contributed by atoms with Crippen LogP contribution >= 0.6 is 0 Å². The molecule has 1 saturated carbocycles. The molecular weight excluding hydrogens is 174 g/mol. The first kappa shape index (κ1) is 11.7. The summed E-state index contributed by atoms with van der Waals surface area (Å²) in [6.45, 7) is 3.85. The van der Waals surface area contributed by atoms with Gasteiger partial charge in [0.15, 0.2) is 0 Å². The minimum atomic E-state index is 0.391. The minimum Gasteiger partial charge on any atom is -0.310 e. The highest BCUT2D eigenvalue weighted by atomic mass is 16.1. The standard InChI is InChI=1S/C12H23NO/c1-2-3-4-5-6-12(14)10-13-9-11-7-8-11/h11,13H,2-10H2,1H3. The molecule has 82 valence electrons. The lowest BCUT2D eigenvalue weighted by molar-refractivity contribution is -0.118. The predicted molar refractivity (Wildman–Crippen MR) is 59.4 cm³/mol. The van der Waals surface area contributed by atoms with Crippen LogP contribution < -0.4 is 5.32 Å². The second kappa shape index (κ2) is 6.99. The minimum absolute atomic E-state index is 0.391. The number of hydrogen-bond acceptors (Lipinski definition) is 2. The first-order chi connectivity index (χ1) is 6.83. The Bertz CT molecular complexity index is 164. The van der Waals surface area contributed by atoms with E-state index in [9.17, 15) is 4.79 Å². The molecule has 0 heterocycles. The number of ketones is 1. The summed E-state index contributed by atoms with van der Waals surface area (Å²) in [5.41, 5.74) is 0. The zero-order chi connectivity index (χ0) is 10.2. The fourth-order valence-electron chi connectivity index (χ4n) is 1.58. The second-order valence-corrected chi connectivity index (χ2v) is 4.42. The van der Waals surface area contributed by atoms with E-state index >= 15 is 0 Å². The summed E-state index contributed by atoms with van der Waals surface area (Å²) < 4.78 is 0. The van der Waals surface area contributed by atoms with Crippen molar-refractivity contribution < 1.29 is 4.79 Å². The van der Waals surface area contributed by atoms with E-state index in [2.05, 4.69) is 12.2 Å². The first-order valence-corrected chi connectivity index (χ1v) is 6.05. The topological polar surface area (TPSA) is 29.1 Å². The van der Waals surface area contributed by atoms with Gasteiger partial charge in [-0.05, 0) is 31.7 Å². The number of carbonyl (C=O) groups excluding carboxylic acids is 1. The number of hydrogen-bond donors (Lipinski definition) is 1. The molecule has 0 aromatic rings. The Labute approximate surface area is 87.5 Å². The predicted octanol–water partition coefficient (Wildman–Crippen LogP) is 2.53. The highest BCUT2D eigenvalue weighted by molar-refractivity contribution is 5.80. The van der Waals surface area contributed by atoms with Crippen molar-refractivity contribution in [2.24, 2.45) is 5.92 Å². The quantitative estimate of drug-likeness (QED) is 0.575. The second-order valence-electron chi connectivity index (χ2n) is 4.42. The van der Waals surface area contributed by atoms with Gasteiger partial charge in [-0.3, -0.25) is 4.79 Å². The molecule has 2 nitrogen and oxygen atoms in total. The molecule has 0 aromatic heterocycles. The van der Waals surface area contributed by atoms with Gasteiger partial charge in [-0.1, -0.05) is 26.2 Å². The average Bonchev–Trinajstić information content (AvgIpc) is 2.96. The number of unbranched alkanes of at least 4 members (excludes halogenated alkanes) is 3. The first-order valence-electron chi connectivity index (χ1n) is 6.05. The molecule has 1 aliphatic carbocycles. The third-order valence-electron chi connectivity index (χ3n) is 2.76. The average molecular weight is 197 g/mol. The highest BCUT2D eigenvalue weighted by Crippen LogP contribution is 2.27. The van der Waals surface area contributed by atoms with Crippen molar-refractivity contribution in [2.45, 2.75) is 51.9 Å². The van der Waals surface area contributed by atoms with Crippen LogP contribution in [0.3, 0.4) is 0 Å². The molecule has 0 saturated heterocycles. The molecule has 0 radical (unpaired) electrons. The van der Waals surface area contributed by atoms with Crippen molar-refractivity contribution in [2.75, 3.05) is 13.1 Å². The van der Waals surface area contributed by atoms with Gasteiger partial charge < -0.3 is 5.32 Å². The van der Waals surface area contributed by atoms with Gasteiger partial charge >= 0.3 is 0 Å². The zero-order valence-corrected chi connectivity index (χ0v) is 9.35. The van der Waals surface area contributed by atoms with Crippen molar-refractivity contribution in [3.63, 3.8) is 0 Å². The van der Waals surface area contributed by atoms with Crippen LogP contribution in [0.5, 0.6) is 0 Å². The fourth-order valence-corrected chi connectivity index (χ4v) is 1.58. The molecule has 0 bridgehead atoms. The third kappa shape index (κ3) is 6.14. The molecule has 0 aromatic carbocycles. The Kier molecular flexibility index (Phi) is 5.85. The maximum absolute atomic E-state index is 11.3. The molecule has 0 spiro atoms. The van der Waals surface area contributed by atoms with Gasteiger partial charge in [0.25, 0.3) is 0 Å². The van der Waals surface area contributed by atoms with Crippen LogP contribution in [0.2, 0.25) is 0 Å². The summed E-state index contributed by atoms with van der Waals surface area (Å²) in [6, 6.07) is 0. The van der Waals surface area contributed by atoms with Crippen LogP contribution in [0.4, 0.5) is 0 Å². The molecular formula is C12H23NO. The summed E-state index contributed by atoms with van der Waals surface area (Å²) in [6.07, 6.45) is 8.30. The monoisotopic (exact) mass is 197 g/mol. The Morgan fingerprint density at radius 3 is 2.71 bits per heavy atom. The lowest BCUT2D eigenvalue weighted by Gasteiger charge is -2.02. The van der Waals surface area contributed by atoms with Gasteiger partial charge in [0.1, 0.15) is 5.78 Å². The van der Waals surface area contributed by atoms with E-state index in [4.69, 9.17) is 0 Å². The molecule has 1 rings (SSSR count). The van der Waals surface area contributed by atoms with E-state index < -0.39 is 0 Å². The lowest BCUT2D eigenvalue weighted by atomic mass is 10.1. The van der Waals surface area contributed by atoms with Crippen molar-refractivity contribution in [3.05, 3.63) is 0 Å². The van der Waals surface area contributed by atoms with Crippen LogP contribution in [0.25, 0.3) is 0 Å². The Balaban J connectivity index is 1.82. The normalized spacial score (nSPS) is 15.8. The van der Waals surface area contributed by atoms with Crippen molar-refractivity contribution in [1.29, 1.82) is 0 Å². The molecule has 2 heteroatoms. The van der Waals surface area contributed by atoms with Crippen LogP contribution in [0, 0.1) is 5.92 Å². The molecule has 1 N–H and O–H groups in total. The molecule has 1 aliphatic rings. The van der Waals surface area contributed by atoms with Gasteiger partial charge in [0.05, 0.1) is 6.54 Å². The molecule has 0 amide bonds. The van der Waals surface area contributed by atoms with Crippen LogP contribution in [-0.2, 0) is 4.79 Å². The number of rotatable bonds is 9. The summed E-state index contributed by atoms with van der Waals surface area (Å²) in [5.74, 6) is 1.27. The molecule has 0 unspecified atom stereocenters. The summed E-state index contributed by atoms with van der Waals surface area (Å²) in [7, 11) is 0. The smallest absolute Gasteiger partial charge is 0.146 e. The fraction of sp³-hybridized carbons (Fsp3) is 0.917. The zero-order valence-electron chi connectivity index (χ0n) is 9.35. The van der Waals surface area contributed by atoms with E-state index in [1.54, 1.807) is 0 Å². The maximum atomic E-state index is 11.3. The maximum Gasteiger partial charge on any atom is 0.146 e. The summed E-state index contributed by atoms with van der Waals surface area (Å²) in [4.78, 5) is 11.3. The third-order valence-corrected chi connectivity index (χ3v) is 2.76. The van der Waals surface area contributed by atoms with E-state index in [0.717, 1.165) is 25.3 Å². The summed E-state index contributed by atoms with van der Waals surface area (Å²) >= 11 is 0. The van der Waals surface area contributed by atoms with Crippen molar-refractivity contribution in [1.82, 2.24) is 5.32 Å². The number of Topliss-reactive ketones (excluding diaryl/α,β-unsaturated/α-hetero) is 1. The molecule has 1 fully saturated rings. The van der Waals surface area contributed by atoms with Gasteiger partial charge in [0, 0.05) is 6.42 Å². The van der Waals surface area contributed by atoms with Gasteiger partial charge in [-0.15, -0.1) is 0 Å². The molecule has 14 heavy (non-hydrogen) atoms. The van der Waals surface area contributed by atoms with Crippen LogP contribution in [0.15, 0.2) is 0 Å². The largest absolute Gasteiger partial charge is 0.310 e. The van der Waals surface area contributed by atoms with Crippen LogP contribution in [-0.4, -0.2) is 18.9 Å². The van der Waals surface area contributed by atoms with E-state index in [0.29, 0.717) is 12.3 Å². The van der Waals surface area contributed by atoms with E-state index in [1.807, 2.05) is 0 Å². The van der Waals surface area contributed by atoms with Crippen molar-refractivity contribution in [3.8, 4) is 0 Å². The van der Waals surface area contributed by atoms with Gasteiger partial charge in [-0.2, -0.15) is 0 Å². The number of carbonyl (C=O) groups is 1. The van der Waals surface area contributed by atoms with E-state index in [-0.39, 0.29) is 0 Å². The van der Waals surface area contributed by atoms with Gasteiger partial charge in [0.2, 0.25) is 0 Å². The number of nitrogens with one attached hydrogen (secondary N) is 1. The Morgan fingerprint density at radius 1 is 1.29 bits per heavy atom. The lowest BCUT2D eigenvalue weighted by Crippen LogP contribution is -2.24. The Hall–Kier alpha value is -0.370. The van der Waals surface area contributed by atoms with Gasteiger partial charge in [-0.25, -0.2) is 0 Å². The summed E-state index contributed by atoms with van der Waals surface area (Å²) in [5, 5.41) is 3.24. The molecule has 0 aliphatic heterocycles. The highest BCUT2D eigenvalue weighted by Gasteiger charge is 2.20. The Morgan fingerprint density at radius 2 is 2.07 bits per heavy atom. The molecule has 0 atom stereocenters.